The van der Waals surface area contributed by atoms with E-state index in [1.165, 1.54) is 0 Å². The third-order valence-electron chi connectivity index (χ3n) is 2.49. The second-order valence-electron chi connectivity index (χ2n) is 4.64. The summed E-state index contributed by atoms with van der Waals surface area (Å²) >= 11 is 0. The number of aromatic nitrogens is 1. The van der Waals surface area contributed by atoms with E-state index in [2.05, 4.69) is 36.3 Å². The molecule has 0 amide bonds. The Kier molecular flexibility index (Phi) is 6.33. The number of nitrogens with two attached hydrogens (primary N) is 1. The fourth-order valence-corrected chi connectivity index (χ4v) is 1.51. The van der Waals surface area contributed by atoms with Gasteiger partial charge in [0.1, 0.15) is 0 Å². The van der Waals surface area contributed by atoms with Crippen LogP contribution in [0.3, 0.4) is 0 Å². The van der Waals surface area contributed by atoms with E-state index in [-0.39, 0.29) is 0 Å². The zero-order valence-electron chi connectivity index (χ0n) is 10.8. The van der Waals surface area contributed by atoms with Crippen LogP contribution in [-0.2, 0) is 6.42 Å². The van der Waals surface area contributed by atoms with Gasteiger partial charge >= 0.3 is 0 Å². The fraction of sp³-hybridized carbons (Fsp3) is 0.500. The zero-order chi connectivity index (χ0) is 12.5. The van der Waals surface area contributed by atoms with Crippen LogP contribution in [0.4, 0.5) is 5.69 Å². The van der Waals surface area contributed by atoms with Gasteiger partial charge in [-0.25, -0.2) is 0 Å². The number of hydrogen-bond acceptors (Lipinski definition) is 3. The Labute approximate surface area is 104 Å². The maximum absolute atomic E-state index is 5.83. The zero-order valence-corrected chi connectivity index (χ0v) is 10.8. The van der Waals surface area contributed by atoms with E-state index in [0.717, 1.165) is 37.2 Å². The van der Waals surface area contributed by atoms with E-state index in [1.54, 1.807) is 6.20 Å². The van der Waals surface area contributed by atoms with E-state index in [0.29, 0.717) is 5.92 Å². The third kappa shape index (κ3) is 6.07. The monoisotopic (exact) mass is 233 g/mol. The molecule has 0 unspecified atom stereocenters. The molecule has 0 aromatic carbocycles. The lowest BCUT2D eigenvalue weighted by molar-refractivity contribution is 0.556. The molecule has 0 fully saturated rings. The Bertz CT molecular complexity index is 345. The number of nitrogen functional groups attached to an aromatic ring is 1. The summed E-state index contributed by atoms with van der Waals surface area (Å²) in [5, 5.41) is 3.41. The summed E-state index contributed by atoms with van der Waals surface area (Å²) < 4.78 is 0. The maximum Gasteiger partial charge on any atom is 0.0380 e. The average Bonchev–Trinajstić information content (AvgIpc) is 2.30. The lowest BCUT2D eigenvalue weighted by Gasteiger charge is -2.05. The second-order valence-corrected chi connectivity index (χ2v) is 4.64. The highest BCUT2D eigenvalue weighted by Gasteiger charge is 1.94. The molecular weight excluding hydrogens is 210 g/mol. The molecule has 1 aromatic rings. The molecule has 94 valence electrons. The first-order valence-corrected chi connectivity index (χ1v) is 6.24. The smallest absolute Gasteiger partial charge is 0.0380 e. The summed E-state index contributed by atoms with van der Waals surface area (Å²) in [6.45, 7) is 6.56. The Morgan fingerprint density at radius 1 is 1.41 bits per heavy atom. The van der Waals surface area contributed by atoms with Crippen LogP contribution >= 0.6 is 0 Å². The van der Waals surface area contributed by atoms with Crippen LogP contribution < -0.4 is 11.1 Å². The molecule has 3 N–H and O–H groups in total. The summed E-state index contributed by atoms with van der Waals surface area (Å²) in [5.74, 6) is 0.717. The van der Waals surface area contributed by atoms with Crippen LogP contribution in [0.15, 0.2) is 30.6 Å². The van der Waals surface area contributed by atoms with Gasteiger partial charge in [-0.2, -0.15) is 0 Å². The number of allylic oxidation sites excluding steroid dienone is 1. The molecule has 1 heterocycles. The third-order valence-corrected chi connectivity index (χ3v) is 2.49. The van der Waals surface area contributed by atoms with Crippen molar-refractivity contribution in [2.75, 3.05) is 18.8 Å². The lowest BCUT2D eigenvalue weighted by atomic mass is 10.1. The number of rotatable bonds is 7. The molecule has 0 aliphatic rings. The van der Waals surface area contributed by atoms with Gasteiger partial charge in [-0.3, -0.25) is 4.98 Å². The van der Waals surface area contributed by atoms with Crippen molar-refractivity contribution < 1.29 is 0 Å². The van der Waals surface area contributed by atoms with Crippen LogP contribution in [0.2, 0.25) is 0 Å². The van der Waals surface area contributed by atoms with Crippen molar-refractivity contribution in [1.82, 2.24) is 10.3 Å². The van der Waals surface area contributed by atoms with Crippen molar-refractivity contribution in [1.29, 1.82) is 0 Å². The molecule has 0 bridgehead atoms. The van der Waals surface area contributed by atoms with Crippen LogP contribution in [0.5, 0.6) is 0 Å². The predicted molar refractivity (Wildman–Crippen MR) is 73.8 cm³/mol. The molecule has 1 aromatic heterocycles. The van der Waals surface area contributed by atoms with Crippen molar-refractivity contribution in [3.8, 4) is 0 Å². The minimum Gasteiger partial charge on any atom is -0.398 e. The van der Waals surface area contributed by atoms with E-state index in [1.807, 2.05) is 12.3 Å². The molecule has 0 saturated heterocycles. The molecule has 3 heteroatoms. The van der Waals surface area contributed by atoms with Gasteiger partial charge in [0.05, 0.1) is 0 Å². The van der Waals surface area contributed by atoms with Crippen molar-refractivity contribution >= 4 is 5.69 Å². The van der Waals surface area contributed by atoms with Gasteiger partial charge in [-0.05, 0) is 43.5 Å². The minimum atomic E-state index is 0.717. The molecule has 0 aliphatic heterocycles. The van der Waals surface area contributed by atoms with Crippen molar-refractivity contribution in [3.63, 3.8) is 0 Å². The van der Waals surface area contributed by atoms with Crippen LogP contribution in [-0.4, -0.2) is 18.1 Å². The van der Waals surface area contributed by atoms with Gasteiger partial charge in [-0.15, -0.1) is 0 Å². The van der Waals surface area contributed by atoms with Gasteiger partial charge in [0.25, 0.3) is 0 Å². The highest BCUT2D eigenvalue weighted by Crippen LogP contribution is 2.09. The highest BCUT2D eigenvalue weighted by atomic mass is 14.8. The van der Waals surface area contributed by atoms with Crippen LogP contribution in [0.1, 0.15) is 25.8 Å². The molecule has 0 radical (unpaired) electrons. The van der Waals surface area contributed by atoms with Gasteiger partial charge in [0, 0.05) is 18.1 Å². The number of pyridine rings is 1. The molecule has 0 saturated carbocycles. The first-order chi connectivity index (χ1) is 8.20. The quantitative estimate of drug-likeness (QED) is 0.561. The maximum atomic E-state index is 5.83. The summed E-state index contributed by atoms with van der Waals surface area (Å²) in [6, 6.07) is 1.84. The van der Waals surface area contributed by atoms with E-state index >= 15 is 0 Å². The lowest BCUT2D eigenvalue weighted by Crippen LogP contribution is -2.20. The number of nitrogens with zero attached hydrogens (tertiary/aromatic N) is 1. The topological polar surface area (TPSA) is 50.9 Å². The van der Waals surface area contributed by atoms with Crippen LogP contribution in [0.25, 0.3) is 0 Å². The van der Waals surface area contributed by atoms with E-state index in [9.17, 15) is 0 Å². The molecule has 1 rings (SSSR count). The van der Waals surface area contributed by atoms with Crippen LogP contribution in [0, 0.1) is 5.92 Å². The molecule has 0 spiro atoms. The average molecular weight is 233 g/mol. The van der Waals surface area contributed by atoms with Gasteiger partial charge in [-0.1, -0.05) is 26.0 Å². The normalized spacial score (nSPS) is 11.5. The fourth-order valence-electron chi connectivity index (χ4n) is 1.51. The van der Waals surface area contributed by atoms with Crippen molar-refractivity contribution in [3.05, 3.63) is 36.2 Å². The summed E-state index contributed by atoms with van der Waals surface area (Å²) in [7, 11) is 0. The Balaban J connectivity index is 2.16. The first-order valence-electron chi connectivity index (χ1n) is 6.24. The number of hydrogen-bond donors (Lipinski definition) is 2. The molecule has 0 aliphatic carbocycles. The SMILES string of the molecule is CC(C)CNCCC=CCc1cnccc1N. The van der Waals surface area contributed by atoms with Gasteiger partial charge in [0.2, 0.25) is 0 Å². The second kappa shape index (κ2) is 7.85. The number of nitrogens with one attached hydrogen (secondary N) is 1. The van der Waals surface area contributed by atoms with Crippen molar-refractivity contribution in [2.45, 2.75) is 26.7 Å². The largest absolute Gasteiger partial charge is 0.398 e. The molecule has 0 atom stereocenters. The number of anilines is 1. The Morgan fingerprint density at radius 2 is 2.24 bits per heavy atom. The standard InChI is InChI=1S/C14H23N3/c1-12(2)10-16-8-5-3-4-6-13-11-17-9-7-14(13)15/h3-4,7,9,11-12,16H,5-6,8,10H2,1-2H3,(H2,15,17). The Morgan fingerprint density at radius 3 is 2.94 bits per heavy atom. The molecule has 17 heavy (non-hydrogen) atoms. The first kappa shape index (κ1) is 13.7. The molecular formula is C14H23N3. The van der Waals surface area contributed by atoms with E-state index < -0.39 is 0 Å². The van der Waals surface area contributed by atoms with Gasteiger partial charge < -0.3 is 11.1 Å². The minimum absolute atomic E-state index is 0.717. The summed E-state index contributed by atoms with van der Waals surface area (Å²) in [5.41, 5.74) is 7.75. The van der Waals surface area contributed by atoms with Crippen molar-refractivity contribution in [2.24, 2.45) is 5.92 Å². The predicted octanol–water partition coefficient (Wildman–Crippen LogP) is 2.40. The highest BCUT2D eigenvalue weighted by molar-refractivity contribution is 5.45. The molecule has 3 nitrogen and oxygen atoms in total. The summed E-state index contributed by atoms with van der Waals surface area (Å²) in [6.07, 6.45) is 9.83. The van der Waals surface area contributed by atoms with Gasteiger partial charge in [0.15, 0.2) is 0 Å². The Hall–Kier alpha value is -1.35. The van der Waals surface area contributed by atoms with E-state index in [4.69, 9.17) is 5.73 Å². The summed E-state index contributed by atoms with van der Waals surface area (Å²) in [4.78, 5) is 4.07.